The molecule has 22 heavy (non-hydrogen) atoms. The van der Waals surface area contributed by atoms with E-state index < -0.39 is 5.97 Å². The molecule has 0 radical (unpaired) electrons. The van der Waals surface area contributed by atoms with Crippen LogP contribution < -0.4 is 4.74 Å². The number of rotatable bonds is 4. The Hall–Kier alpha value is -3.08. The summed E-state index contributed by atoms with van der Waals surface area (Å²) in [5.74, 6) is -0.165. The van der Waals surface area contributed by atoms with Crippen molar-refractivity contribution in [3.8, 4) is 22.7 Å². The van der Waals surface area contributed by atoms with Crippen LogP contribution in [0.15, 0.2) is 60.8 Å². The lowest BCUT2D eigenvalue weighted by atomic mass is 10.1. The third kappa shape index (κ3) is 2.69. The maximum absolute atomic E-state index is 10.9. The summed E-state index contributed by atoms with van der Waals surface area (Å²) in [4.78, 5) is 10.9. The average molecular weight is 294 g/mol. The second-order valence-corrected chi connectivity index (χ2v) is 4.73. The number of aromatic carboxylic acids is 1. The number of carboxylic acids is 1. The molecule has 0 aliphatic heterocycles. The van der Waals surface area contributed by atoms with Crippen molar-refractivity contribution in [2.75, 3.05) is 7.11 Å². The summed E-state index contributed by atoms with van der Waals surface area (Å²) in [5, 5.41) is 13.4. The standard InChI is InChI=1S/C17H14N2O3/c1-22-15-4-2-3-13(11-15)16-9-10-19(18-16)14-7-5-12(6-8-14)17(20)21/h2-11H,1H3,(H,20,21). The largest absolute Gasteiger partial charge is 0.497 e. The van der Waals surface area contributed by atoms with E-state index in [2.05, 4.69) is 5.10 Å². The molecule has 2 aromatic carbocycles. The highest BCUT2D eigenvalue weighted by Gasteiger charge is 2.06. The molecule has 1 N–H and O–H groups in total. The highest BCUT2D eigenvalue weighted by atomic mass is 16.5. The van der Waals surface area contributed by atoms with Crippen LogP contribution in [0.4, 0.5) is 0 Å². The maximum atomic E-state index is 10.9. The summed E-state index contributed by atoms with van der Waals surface area (Å²) >= 11 is 0. The van der Waals surface area contributed by atoms with Crippen molar-refractivity contribution in [2.45, 2.75) is 0 Å². The van der Waals surface area contributed by atoms with Crippen LogP contribution >= 0.6 is 0 Å². The first-order valence-electron chi connectivity index (χ1n) is 6.71. The minimum atomic E-state index is -0.941. The monoisotopic (exact) mass is 294 g/mol. The molecule has 110 valence electrons. The van der Waals surface area contributed by atoms with Gasteiger partial charge in [-0.3, -0.25) is 0 Å². The van der Waals surface area contributed by atoms with Crippen molar-refractivity contribution in [2.24, 2.45) is 0 Å². The van der Waals surface area contributed by atoms with E-state index in [-0.39, 0.29) is 5.56 Å². The van der Waals surface area contributed by atoms with Crippen LogP contribution in [0.3, 0.4) is 0 Å². The van der Waals surface area contributed by atoms with Crippen molar-refractivity contribution in [3.63, 3.8) is 0 Å². The van der Waals surface area contributed by atoms with Gasteiger partial charge in [-0.2, -0.15) is 5.10 Å². The highest BCUT2D eigenvalue weighted by molar-refractivity contribution is 5.87. The van der Waals surface area contributed by atoms with E-state index in [9.17, 15) is 4.79 Å². The van der Waals surface area contributed by atoms with E-state index >= 15 is 0 Å². The molecule has 1 aromatic heterocycles. The number of nitrogens with zero attached hydrogens (tertiary/aromatic N) is 2. The fourth-order valence-electron chi connectivity index (χ4n) is 2.16. The number of carboxylic acid groups (broad SMARTS) is 1. The second-order valence-electron chi connectivity index (χ2n) is 4.73. The normalized spacial score (nSPS) is 10.4. The third-order valence-electron chi connectivity index (χ3n) is 3.33. The predicted octanol–water partition coefficient (Wildman–Crippen LogP) is 3.25. The predicted molar refractivity (Wildman–Crippen MR) is 82.5 cm³/mol. The van der Waals surface area contributed by atoms with Gasteiger partial charge in [-0.15, -0.1) is 0 Å². The van der Waals surface area contributed by atoms with Crippen LogP contribution in [0, 0.1) is 0 Å². The zero-order chi connectivity index (χ0) is 15.5. The molecule has 0 bridgehead atoms. The molecule has 0 unspecified atom stereocenters. The number of carbonyl (C=O) groups is 1. The topological polar surface area (TPSA) is 64.3 Å². The Balaban J connectivity index is 1.91. The van der Waals surface area contributed by atoms with Crippen LogP contribution in [0.1, 0.15) is 10.4 Å². The number of benzene rings is 2. The van der Waals surface area contributed by atoms with Gasteiger partial charge in [0, 0.05) is 11.8 Å². The lowest BCUT2D eigenvalue weighted by Crippen LogP contribution is -1.99. The van der Waals surface area contributed by atoms with Crippen molar-refractivity contribution < 1.29 is 14.6 Å². The first-order valence-corrected chi connectivity index (χ1v) is 6.71. The maximum Gasteiger partial charge on any atom is 0.335 e. The Morgan fingerprint density at radius 3 is 2.59 bits per heavy atom. The third-order valence-corrected chi connectivity index (χ3v) is 3.33. The number of ether oxygens (including phenoxy) is 1. The van der Waals surface area contributed by atoms with Gasteiger partial charge in [-0.05, 0) is 42.5 Å². The van der Waals surface area contributed by atoms with Gasteiger partial charge in [0.1, 0.15) is 5.75 Å². The van der Waals surface area contributed by atoms with Gasteiger partial charge < -0.3 is 9.84 Å². The van der Waals surface area contributed by atoms with Gasteiger partial charge >= 0.3 is 5.97 Å². The van der Waals surface area contributed by atoms with Crippen LogP contribution in [0.25, 0.3) is 16.9 Å². The van der Waals surface area contributed by atoms with Gasteiger partial charge in [0.05, 0.1) is 24.1 Å². The molecular formula is C17H14N2O3. The molecule has 0 spiro atoms. The zero-order valence-electron chi connectivity index (χ0n) is 11.9. The van der Waals surface area contributed by atoms with Gasteiger partial charge in [0.2, 0.25) is 0 Å². The molecular weight excluding hydrogens is 280 g/mol. The summed E-state index contributed by atoms with van der Waals surface area (Å²) in [6, 6.07) is 16.1. The summed E-state index contributed by atoms with van der Waals surface area (Å²) in [5.41, 5.74) is 2.84. The molecule has 5 nitrogen and oxygen atoms in total. The number of methoxy groups -OCH3 is 1. The average Bonchev–Trinajstić information content (AvgIpc) is 3.05. The molecule has 3 rings (SSSR count). The Morgan fingerprint density at radius 1 is 1.14 bits per heavy atom. The molecule has 0 aliphatic rings. The van der Waals surface area contributed by atoms with Gasteiger partial charge in [0.15, 0.2) is 0 Å². The number of hydrogen-bond acceptors (Lipinski definition) is 3. The van der Waals surface area contributed by atoms with Crippen molar-refractivity contribution in [3.05, 3.63) is 66.4 Å². The van der Waals surface area contributed by atoms with E-state index in [1.807, 2.05) is 36.5 Å². The lowest BCUT2D eigenvalue weighted by molar-refractivity contribution is 0.0697. The summed E-state index contributed by atoms with van der Waals surface area (Å²) in [6.07, 6.45) is 1.84. The molecule has 0 amide bonds. The summed E-state index contributed by atoms with van der Waals surface area (Å²) in [6.45, 7) is 0. The number of hydrogen-bond donors (Lipinski definition) is 1. The van der Waals surface area contributed by atoms with Gasteiger partial charge in [-0.25, -0.2) is 9.48 Å². The minimum Gasteiger partial charge on any atom is -0.497 e. The second kappa shape index (κ2) is 5.73. The first-order chi connectivity index (χ1) is 10.7. The van der Waals surface area contributed by atoms with Crippen LogP contribution in [-0.4, -0.2) is 28.0 Å². The van der Waals surface area contributed by atoms with Crippen molar-refractivity contribution in [1.82, 2.24) is 9.78 Å². The Kier molecular flexibility index (Phi) is 3.62. The van der Waals surface area contributed by atoms with Crippen LogP contribution in [-0.2, 0) is 0 Å². The molecule has 1 heterocycles. The van der Waals surface area contributed by atoms with Crippen molar-refractivity contribution >= 4 is 5.97 Å². The van der Waals surface area contributed by atoms with Crippen LogP contribution in [0.2, 0.25) is 0 Å². The molecule has 0 atom stereocenters. The molecule has 3 aromatic rings. The Morgan fingerprint density at radius 2 is 1.91 bits per heavy atom. The smallest absolute Gasteiger partial charge is 0.335 e. The molecule has 0 saturated heterocycles. The van der Waals surface area contributed by atoms with Gasteiger partial charge in [-0.1, -0.05) is 12.1 Å². The fraction of sp³-hybridized carbons (Fsp3) is 0.0588. The summed E-state index contributed by atoms with van der Waals surface area (Å²) < 4.78 is 6.92. The van der Waals surface area contributed by atoms with Crippen LogP contribution in [0.5, 0.6) is 5.75 Å². The van der Waals surface area contributed by atoms with E-state index in [1.165, 1.54) is 0 Å². The van der Waals surface area contributed by atoms with E-state index in [1.54, 1.807) is 36.1 Å². The molecule has 5 heteroatoms. The first kappa shape index (κ1) is 13.9. The molecule has 0 fully saturated rings. The van der Waals surface area contributed by atoms with Gasteiger partial charge in [0.25, 0.3) is 0 Å². The quantitative estimate of drug-likeness (QED) is 0.802. The van der Waals surface area contributed by atoms with E-state index in [4.69, 9.17) is 9.84 Å². The minimum absolute atomic E-state index is 0.254. The Bertz CT molecular complexity index is 807. The van der Waals surface area contributed by atoms with Crippen molar-refractivity contribution in [1.29, 1.82) is 0 Å². The van der Waals surface area contributed by atoms with E-state index in [0.717, 1.165) is 22.7 Å². The summed E-state index contributed by atoms with van der Waals surface area (Å²) in [7, 11) is 1.63. The Labute approximate surface area is 127 Å². The SMILES string of the molecule is COc1cccc(-c2ccn(-c3ccc(C(=O)O)cc3)n2)c1. The molecule has 0 aliphatic carbocycles. The molecule has 0 saturated carbocycles. The number of aromatic nitrogens is 2. The lowest BCUT2D eigenvalue weighted by Gasteiger charge is -2.03. The zero-order valence-corrected chi connectivity index (χ0v) is 11.9. The fourth-order valence-corrected chi connectivity index (χ4v) is 2.16. The highest BCUT2D eigenvalue weighted by Crippen LogP contribution is 2.23. The van der Waals surface area contributed by atoms with E-state index in [0.29, 0.717) is 0 Å².